The number of hydrogen-bond acceptors (Lipinski definition) is 0. The first-order valence-corrected chi connectivity index (χ1v) is 4.40. The molecule has 2 heteroatoms. The molecule has 0 N–H and O–H groups in total. The molecule has 0 aliphatic rings. The van der Waals surface area contributed by atoms with E-state index < -0.39 is 11.6 Å². The highest BCUT2D eigenvalue weighted by molar-refractivity contribution is 5.41. The Labute approximate surface area is 87.9 Å². The first kappa shape index (κ1) is 11.2. The van der Waals surface area contributed by atoms with E-state index in [1.54, 1.807) is 19.1 Å². The average molecular weight is 204 g/mol. The van der Waals surface area contributed by atoms with Gasteiger partial charge in [0.2, 0.25) is 0 Å². The molecule has 1 aromatic rings. The van der Waals surface area contributed by atoms with Crippen LogP contribution in [0.3, 0.4) is 0 Å². The minimum absolute atomic E-state index is 0.188. The van der Waals surface area contributed by atoms with Crippen molar-refractivity contribution in [1.29, 1.82) is 0 Å². The lowest BCUT2D eigenvalue weighted by molar-refractivity contribution is 0.581. The quantitative estimate of drug-likeness (QED) is 0.485. The molecule has 0 heterocycles. The number of benzene rings is 1. The second kappa shape index (κ2) is 5.11. The molecule has 0 atom stereocenters. The van der Waals surface area contributed by atoms with Gasteiger partial charge in [0, 0.05) is 6.07 Å². The van der Waals surface area contributed by atoms with E-state index in [0.717, 1.165) is 11.6 Å². The van der Waals surface area contributed by atoms with Crippen LogP contribution >= 0.6 is 0 Å². The fourth-order valence-electron chi connectivity index (χ4n) is 0.975. The second-order valence-corrected chi connectivity index (χ2v) is 2.96. The summed E-state index contributed by atoms with van der Waals surface area (Å²) in [6.07, 6.45) is 3.32. The summed E-state index contributed by atoms with van der Waals surface area (Å²) in [4.78, 5) is 0. The number of allylic oxidation sites excluding steroid dienone is 3. The molecule has 0 aliphatic carbocycles. The van der Waals surface area contributed by atoms with Gasteiger partial charge in [-0.3, -0.25) is 0 Å². The van der Waals surface area contributed by atoms with E-state index in [4.69, 9.17) is 0 Å². The maximum atomic E-state index is 13.1. The SMILES string of the molecule is C=C/C=C(\C)C#Cc1ccc(F)cc1F. The van der Waals surface area contributed by atoms with E-state index in [2.05, 4.69) is 18.4 Å². The van der Waals surface area contributed by atoms with Crippen LogP contribution in [-0.4, -0.2) is 0 Å². The molecule has 76 valence electrons. The molecule has 1 aromatic carbocycles. The Morgan fingerprint density at radius 2 is 2.13 bits per heavy atom. The molecular formula is C13H10F2. The van der Waals surface area contributed by atoms with Crippen molar-refractivity contribution in [3.05, 3.63) is 59.7 Å². The van der Waals surface area contributed by atoms with Gasteiger partial charge >= 0.3 is 0 Å². The summed E-state index contributed by atoms with van der Waals surface area (Å²) in [5, 5.41) is 0. The third-order valence-electron chi connectivity index (χ3n) is 1.69. The summed E-state index contributed by atoms with van der Waals surface area (Å²) in [5.74, 6) is 4.11. The Kier molecular flexibility index (Phi) is 3.82. The van der Waals surface area contributed by atoms with Gasteiger partial charge < -0.3 is 0 Å². The molecule has 0 radical (unpaired) electrons. The van der Waals surface area contributed by atoms with Crippen LogP contribution in [0.1, 0.15) is 12.5 Å². The van der Waals surface area contributed by atoms with Crippen LogP contribution in [0.25, 0.3) is 0 Å². The highest BCUT2D eigenvalue weighted by atomic mass is 19.1. The van der Waals surface area contributed by atoms with Gasteiger partial charge in [-0.2, -0.15) is 0 Å². The van der Waals surface area contributed by atoms with E-state index in [1.807, 2.05) is 0 Å². The monoisotopic (exact) mass is 204 g/mol. The van der Waals surface area contributed by atoms with E-state index in [0.29, 0.717) is 0 Å². The van der Waals surface area contributed by atoms with E-state index in [1.165, 1.54) is 12.1 Å². The van der Waals surface area contributed by atoms with Crippen LogP contribution in [0.5, 0.6) is 0 Å². The zero-order chi connectivity index (χ0) is 11.3. The Bertz CT molecular complexity index is 459. The minimum Gasteiger partial charge on any atom is -0.207 e. The Morgan fingerprint density at radius 3 is 2.73 bits per heavy atom. The molecule has 1 rings (SSSR count). The van der Waals surface area contributed by atoms with Gasteiger partial charge in [-0.1, -0.05) is 30.6 Å². The van der Waals surface area contributed by atoms with Crippen molar-refractivity contribution >= 4 is 0 Å². The van der Waals surface area contributed by atoms with Crippen molar-refractivity contribution in [3.63, 3.8) is 0 Å². The molecule has 0 nitrogen and oxygen atoms in total. The van der Waals surface area contributed by atoms with Gasteiger partial charge in [0.1, 0.15) is 11.6 Å². The van der Waals surface area contributed by atoms with E-state index in [9.17, 15) is 8.78 Å². The van der Waals surface area contributed by atoms with Gasteiger partial charge in [-0.15, -0.1) is 0 Å². The maximum absolute atomic E-state index is 13.1. The lowest BCUT2D eigenvalue weighted by Crippen LogP contribution is -1.85. The Balaban J connectivity index is 2.99. The summed E-state index contributed by atoms with van der Waals surface area (Å²) in [6.45, 7) is 5.30. The van der Waals surface area contributed by atoms with Crippen LogP contribution in [-0.2, 0) is 0 Å². The van der Waals surface area contributed by atoms with Crippen molar-refractivity contribution < 1.29 is 8.78 Å². The third-order valence-corrected chi connectivity index (χ3v) is 1.69. The summed E-state index contributed by atoms with van der Waals surface area (Å²) < 4.78 is 25.7. The van der Waals surface area contributed by atoms with Gasteiger partial charge in [-0.05, 0) is 24.6 Å². The molecule has 0 unspecified atom stereocenters. The number of halogens is 2. The zero-order valence-corrected chi connectivity index (χ0v) is 8.35. The molecule has 0 saturated carbocycles. The molecule has 0 aromatic heterocycles. The standard InChI is InChI=1S/C13H10F2/c1-3-4-10(2)5-6-11-7-8-12(14)9-13(11)15/h3-4,7-9H,1H2,2H3/b10-4+. The summed E-state index contributed by atoms with van der Waals surface area (Å²) in [7, 11) is 0. The highest BCUT2D eigenvalue weighted by Gasteiger charge is 1.99. The van der Waals surface area contributed by atoms with E-state index >= 15 is 0 Å². The minimum atomic E-state index is -0.645. The molecule has 15 heavy (non-hydrogen) atoms. The van der Waals surface area contributed by atoms with Crippen molar-refractivity contribution in [3.8, 4) is 11.8 Å². The molecule has 0 amide bonds. The van der Waals surface area contributed by atoms with Crippen LogP contribution in [0.4, 0.5) is 8.78 Å². The van der Waals surface area contributed by atoms with Crippen molar-refractivity contribution in [1.82, 2.24) is 0 Å². The number of hydrogen-bond donors (Lipinski definition) is 0. The molecular weight excluding hydrogens is 194 g/mol. The first-order chi connectivity index (χ1) is 7.13. The van der Waals surface area contributed by atoms with Crippen LogP contribution in [0, 0.1) is 23.5 Å². The number of rotatable bonds is 1. The lowest BCUT2D eigenvalue weighted by atomic mass is 10.2. The predicted octanol–water partition coefficient (Wildman–Crippen LogP) is 3.45. The van der Waals surface area contributed by atoms with Gasteiger partial charge in [0.15, 0.2) is 0 Å². The Hall–Kier alpha value is -1.88. The maximum Gasteiger partial charge on any atom is 0.141 e. The zero-order valence-electron chi connectivity index (χ0n) is 8.35. The van der Waals surface area contributed by atoms with Crippen molar-refractivity contribution in [2.45, 2.75) is 6.92 Å². The van der Waals surface area contributed by atoms with Crippen molar-refractivity contribution in [2.24, 2.45) is 0 Å². The summed E-state index contributed by atoms with van der Waals surface area (Å²) in [5.41, 5.74) is 0.960. The summed E-state index contributed by atoms with van der Waals surface area (Å²) >= 11 is 0. The van der Waals surface area contributed by atoms with E-state index in [-0.39, 0.29) is 5.56 Å². The second-order valence-electron chi connectivity index (χ2n) is 2.96. The molecule has 0 spiro atoms. The molecule has 0 saturated heterocycles. The molecule has 0 bridgehead atoms. The third kappa shape index (κ3) is 3.40. The first-order valence-electron chi connectivity index (χ1n) is 4.40. The van der Waals surface area contributed by atoms with Crippen LogP contribution < -0.4 is 0 Å². The van der Waals surface area contributed by atoms with Gasteiger partial charge in [0.05, 0.1) is 5.56 Å². The van der Waals surface area contributed by atoms with Crippen LogP contribution in [0.2, 0.25) is 0 Å². The fraction of sp³-hybridized carbons (Fsp3) is 0.0769. The summed E-state index contributed by atoms with van der Waals surface area (Å²) in [6, 6.07) is 3.31. The smallest absolute Gasteiger partial charge is 0.141 e. The lowest BCUT2D eigenvalue weighted by Gasteiger charge is -1.93. The topological polar surface area (TPSA) is 0 Å². The Morgan fingerprint density at radius 1 is 1.40 bits per heavy atom. The normalized spacial score (nSPS) is 10.5. The molecule has 0 aliphatic heterocycles. The fourth-order valence-corrected chi connectivity index (χ4v) is 0.975. The average Bonchev–Trinajstić information content (AvgIpc) is 2.17. The largest absolute Gasteiger partial charge is 0.207 e. The van der Waals surface area contributed by atoms with Crippen LogP contribution in [0.15, 0.2) is 42.5 Å². The predicted molar refractivity (Wildman–Crippen MR) is 57.2 cm³/mol. The van der Waals surface area contributed by atoms with Gasteiger partial charge in [-0.25, -0.2) is 8.78 Å². The van der Waals surface area contributed by atoms with Crippen molar-refractivity contribution in [2.75, 3.05) is 0 Å². The molecule has 0 fully saturated rings. The highest BCUT2D eigenvalue weighted by Crippen LogP contribution is 2.08. The van der Waals surface area contributed by atoms with Gasteiger partial charge in [0.25, 0.3) is 0 Å².